The summed E-state index contributed by atoms with van der Waals surface area (Å²) in [7, 11) is 0. The second-order valence-corrected chi connectivity index (χ2v) is 4.45. The highest BCUT2D eigenvalue weighted by Crippen LogP contribution is 2.16. The summed E-state index contributed by atoms with van der Waals surface area (Å²) in [6, 6.07) is 6.00. The molecule has 0 spiro atoms. The molecule has 3 nitrogen and oxygen atoms in total. The molecule has 0 aliphatic rings. The van der Waals surface area contributed by atoms with Gasteiger partial charge in [0.15, 0.2) is 0 Å². The van der Waals surface area contributed by atoms with Crippen molar-refractivity contribution < 1.29 is 0 Å². The van der Waals surface area contributed by atoms with Gasteiger partial charge in [0.2, 0.25) is 0 Å². The van der Waals surface area contributed by atoms with E-state index in [1.165, 1.54) is 0 Å². The van der Waals surface area contributed by atoms with Crippen LogP contribution in [0.5, 0.6) is 0 Å². The quantitative estimate of drug-likeness (QED) is 0.798. The summed E-state index contributed by atoms with van der Waals surface area (Å²) in [5.74, 6) is 0. The molecule has 0 fully saturated rings. The summed E-state index contributed by atoms with van der Waals surface area (Å²) < 4.78 is 0. The molecule has 3 N–H and O–H groups in total. The van der Waals surface area contributed by atoms with Gasteiger partial charge >= 0.3 is 0 Å². The fraction of sp³-hybridized carbons (Fsp3) is 0.250. The van der Waals surface area contributed by atoms with Crippen LogP contribution in [0.15, 0.2) is 29.1 Å². The zero-order valence-corrected chi connectivity index (χ0v) is 10.1. The Hall–Kier alpha value is -1.55. The summed E-state index contributed by atoms with van der Waals surface area (Å²) in [5, 5.41) is 5.44. The van der Waals surface area contributed by atoms with Crippen molar-refractivity contribution in [2.45, 2.75) is 13.3 Å². The minimum absolute atomic E-state index is 0.838. The molecule has 0 bridgehead atoms. The van der Waals surface area contributed by atoms with Crippen LogP contribution in [0.25, 0.3) is 0 Å². The van der Waals surface area contributed by atoms with E-state index in [-0.39, 0.29) is 0 Å². The number of hydrogen-bond acceptors (Lipinski definition) is 4. The van der Waals surface area contributed by atoms with Crippen molar-refractivity contribution >= 4 is 22.7 Å². The van der Waals surface area contributed by atoms with Crippen molar-refractivity contribution in [1.82, 2.24) is 4.98 Å². The number of nitrogens with one attached hydrogen (secondary N) is 1. The van der Waals surface area contributed by atoms with E-state index in [4.69, 9.17) is 5.73 Å². The number of nitrogen functional groups attached to an aromatic ring is 1. The highest BCUT2D eigenvalue weighted by atomic mass is 32.1. The Labute approximate surface area is 99.3 Å². The van der Waals surface area contributed by atoms with E-state index < -0.39 is 0 Å². The van der Waals surface area contributed by atoms with Gasteiger partial charge in [-0.15, -0.1) is 11.3 Å². The number of rotatable bonds is 4. The number of aromatic nitrogens is 1. The largest absolute Gasteiger partial charge is 0.399 e. The van der Waals surface area contributed by atoms with Gasteiger partial charge in [-0.3, -0.25) is 0 Å². The number of nitrogens with two attached hydrogens (primary N) is 1. The average Bonchev–Trinajstić information content (AvgIpc) is 2.76. The monoisotopic (exact) mass is 233 g/mol. The van der Waals surface area contributed by atoms with Crippen LogP contribution < -0.4 is 11.1 Å². The number of aryl methyl sites for hydroxylation is 1. The van der Waals surface area contributed by atoms with Gasteiger partial charge in [-0.05, 0) is 30.7 Å². The van der Waals surface area contributed by atoms with Gasteiger partial charge in [0.05, 0.1) is 11.2 Å². The molecule has 1 aromatic carbocycles. The molecule has 0 amide bonds. The molecule has 1 heterocycles. The van der Waals surface area contributed by atoms with Crippen LogP contribution in [0.4, 0.5) is 11.4 Å². The fourth-order valence-corrected chi connectivity index (χ4v) is 2.07. The van der Waals surface area contributed by atoms with Crippen molar-refractivity contribution in [3.05, 3.63) is 40.3 Å². The molecule has 0 saturated carbocycles. The molecule has 0 atom stereocenters. The van der Waals surface area contributed by atoms with Crippen LogP contribution in [0, 0.1) is 6.92 Å². The SMILES string of the molecule is Cc1cc(NCCc2cscn2)ccc1N. The van der Waals surface area contributed by atoms with Crippen molar-refractivity contribution in [3.8, 4) is 0 Å². The van der Waals surface area contributed by atoms with E-state index in [1.807, 2.05) is 24.6 Å². The van der Waals surface area contributed by atoms with E-state index in [1.54, 1.807) is 11.3 Å². The Morgan fingerprint density at radius 3 is 3.00 bits per heavy atom. The van der Waals surface area contributed by atoms with Crippen molar-refractivity contribution in [2.75, 3.05) is 17.6 Å². The van der Waals surface area contributed by atoms with E-state index in [0.29, 0.717) is 0 Å². The van der Waals surface area contributed by atoms with E-state index in [0.717, 1.165) is 35.6 Å². The highest BCUT2D eigenvalue weighted by Gasteiger charge is 1.97. The van der Waals surface area contributed by atoms with Crippen LogP contribution >= 0.6 is 11.3 Å². The van der Waals surface area contributed by atoms with Gasteiger partial charge in [-0.1, -0.05) is 0 Å². The van der Waals surface area contributed by atoms with Gasteiger partial charge in [0.25, 0.3) is 0 Å². The minimum atomic E-state index is 0.838. The zero-order chi connectivity index (χ0) is 11.4. The van der Waals surface area contributed by atoms with Crippen LogP contribution in [-0.4, -0.2) is 11.5 Å². The molecular formula is C12H15N3S. The third-order valence-corrected chi connectivity index (χ3v) is 3.10. The maximum absolute atomic E-state index is 5.76. The number of benzene rings is 1. The minimum Gasteiger partial charge on any atom is -0.399 e. The van der Waals surface area contributed by atoms with Crippen molar-refractivity contribution in [2.24, 2.45) is 0 Å². The Morgan fingerprint density at radius 1 is 1.44 bits per heavy atom. The first-order valence-electron chi connectivity index (χ1n) is 5.23. The lowest BCUT2D eigenvalue weighted by Crippen LogP contribution is -2.05. The summed E-state index contributed by atoms with van der Waals surface area (Å²) in [4.78, 5) is 4.24. The molecule has 0 saturated heterocycles. The first-order valence-corrected chi connectivity index (χ1v) is 6.17. The molecule has 84 valence electrons. The van der Waals surface area contributed by atoms with Gasteiger partial charge in [-0.25, -0.2) is 4.98 Å². The van der Waals surface area contributed by atoms with E-state index in [9.17, 15) is 0 Å². The second-order valence-electron chi connectivity index (χ2n) is 3.73. The first-order chi connectivity index (χ1) is 7.75. The predicted octanol–water partition coefficient (Wildman–Crippen LogP) is 2.69. The summed E-state index contributed by atoms with van der Waals surface area (Å²) in [6.45, 7) is 2.91. The number of nitrogens with zero attached hydrogens (tertiary/aromatic N) is 1. The van der Waals surface area contributed by atoms with Crippen LogP contribution in [0.2, 0.25) is 0 Å². The molecule has 2 aromatic rings. The third kappa shape index (κ3) is 2.73. The Kier molecular flexibility index (Phi) is 3.41. The number of hydrogen-bond donors (Lipinski definition) is 2. The molecule has 0 unspecified atom stereocenters. The lowest BCUT2D eigenvalue weighted by molar-refractivity contribution is 0.977. The van der Waals surface area contributed by atoms with Gasteiger partial charge < -0.3 is 11.1 Å². The number of thiazole rings is 1. The first kappa shape index (κ1) is 11.0. The molecule has 0 radical (unpaired) electrons. The van der Waals surface area contributed by atoms with Crippen LogP contribution in [0.1, 0.15) is 11.3 Å². The second kappa shape index (κ2) is 4.99. The molecule has 0 aliphatic heterocycles. The number of anilines is 2. The van der Waals surface area contributed by atoms with Gasteiger partial charge in [-0.2, -0.15) is 0 Å². The molecule has 0 aliphatic carbocycles. The smallest absolute Gasteiger partial charge is 0.0794 e. The van der Waals surface area contributed by atoms with E-state index >= 15 is 0 Å². The summed E-state index contributed by atoms with van der Waals surface area (Å²) >= 11 is 1.63. The maximum Gasteiger partial charge on any atom is 0.0794 e. The molecular weight excluding hydrogens is 218 g/mol. The molecule has 16 heavy (non-hydrogen) atoms. The third-order valence-electron chi connectivity index (χ3n) is 2.46. The topological polar surface area (TPSA) is 50.9 Å². The maximum atomic E-state index is 5.76. The van der Waals surface area contributed by atoms with E-state index in [2.05, 4.69) is 21.7 Å². The van der Waals surface area contributed by atoms with Gasteiger partial charge in [0, 0.05) is 29.7 Å². The fourth-order valence-electron chi connectivity index (χ4n) is 1.48. The standard InChI is InChI=1S/C12H15N3S/c1-9-6-10(2-3-12(9)13)14-5-4-11-7-16-8-15-11/h2-3,6-8,14H,4-5,13H2,1H3. The highest BCUT2D eigenvalue weighted by molar-refractivity contribution is 7.07. The van der Waals surface area contributed by atoms with Crippen molar-refractivity contribution in [1.29, 1.82) is 0 Å². The lowest BCUT2D eigenvalue weighted by Gasteiger charge is -2.07. The predicted molar refractivity (Wildman–Crippen MR) is 69.9 cm³/mol. The van der Waals surface area contributed by atoms with Crippen LogP contribution in [-0.2, 0) is 6.42 Å². The normalized spacial score (nSPS) is 10.3. The Morgan fingerprint density at radius 2 is 2.31 bits per heavy atom. The summed E-state index contributed by atoms with van der Waals surface area (Å²) in [6.07, 6.45) is 0.951. The van der Waals surface area contributed by atoms with Crippen LogP contribution in [0.3, 0.4) is 0 Å². The zero-order valence-electron chi connectivity index (χ0n) is 9.23. The molecule has 4 heteroatoms. The molecule has 2 rings (SSSR count). The van der Waals surface area contributed by atoms with Gasteiger partial charge in [0.1, 0.15) is 0 Å². The lowest BCUT2D eigenvalue weighted by atomic mass is 10.2. The summed E-state index contributed by atoms with van der Waals surface area (Å²) in [5.41, 5.74) is 11.8. The Bertz CT molecular complexity index is 451. The Balaban J connectivity index is 1.87. The average molecular weight is 233 g/mol. The van der Waals surface area contributed by atoms with Crippen molar-refractivity contribution in [3.63, 3.8) is 0 Å². The molecule has 1 aromatic heterocycles.